The van der Waals surface area contributed by atoms with E-state index in [1.54, 1.807) is 6.08 Å². The van der Waals surface area contributed by atoms with Gasteiger partial charge < -0.3 is 9.84 Å². The summed E-state index contributed by atoms with van der Waals surface area (Å²) in [4.78, 5) is 11.1. The Kier molecular flexibility index (Phi) is 3.22. The minimum absolute atomic E-state index is 0.0776. The Morgan fingerprint density at radius 3 is 3.23 bits per heavy atom. The Hall–Kier alpha value is -1.62. The summed E-state index contributed by atoms with van der Waals surface area (Å²) < 4.78 is 4.51. The molecule has 1 heterocycles. The zero-order valence-corrected chi connectivity index (χ0v) is 7.15. The van der Waals surface area contributed by atoms with Gasteiger partial charge in [0.05, 0.1) is 19.9 Å². The monoisotopic (exact) mass is 182 g/mol. The number of aliphatic hydroxyl groups is 1. The molecule has 0 aliphatic rings. The molecule has 0 aliphatic carbocycles. The van der Waals surface area contributed by atoms with Gasteiger partial charge >= 0.3 is 5.97 Å². The lowest BCUT2D eigenvalue weighted by Gasteiger charge is -1.95. The summed E-state index contributed by atoms with van der Waals surface area (Å²) in [6.45, 7) is -0.0776. The molecule has 0 bridgehead atoms. The number of esters is 1. The summed E-state index contributed by atoms with van der Waals surface area (Å²) in [6, 6.07) is 0. The fourth-order valence-corrected chi connectivity index (χ4v) is 0.867. The molecule has 0 amide bonds. The zero-order valence-electron chi connectivity index (χ0n) is 7.15. The van der Waals surface area contributed by atoms with Crippen molar-refractivity contribution >= 4 is 12.0 Å². The van der Waals surface area contributed by atoms with Crippen LogP contribution in [0.4, 0.5) is 0 Å². The lowest BCUT2D eigenvalue weighted by Crippen LogP contribution is -2.03. The Morgan fingerprint density at radius 1 is 1.85 bits per heavy atom. The Labute approximate surface area is 75.0 Å². The van der Waals surface area contributed by atoms with E-state index in [0.29, 0.717) is 5.56 Å². The molecule has 5 nitrogen and oxygen atoms in total. The lowest BCUT2D eigenvalue weighted by molar-refractivity contribution is 0.0594. The quantitative estimate of drug-likeness (QED) is 0.655. The second-order valence-corrected chi connectivity index (χ2v) is 2.28. The summed E-state index contributed by atoms with van der Waals surface area (Å²) in [7, 11) is 1.29. The maximum atomic E-state index is 11.1. The van der Waals surface area contributed by atoms with Crippen LogP contribution in [-0.2, 0) is 4.74 Å². The number of aliphatic hydroxyl groups excluding tert-OH is 1. The summed E-state index contributed by atoms with van der Waals surface area (Å²) in [6.07, 6.45) is 4.59. The molecule has 1 aromatic rings. The van der Waals surface area contributed by atoms with Crippen molar-refractivity contribution in [3.63, 3.8) is 0 Å². The van der Waals surface area contributed by atoms with Crippen LogP contribution in [0.25, 0.3) is 6.08 Å². The lowest BCUT2D eigenvalue weighted by atomic mass is 10.2. The molecule has 13 heavy (non-hydrogen) atoms. The molecule has 0 spiro atoms. The highest BCUT2D eigenvalue weighted by atomic mass is 16.5. The number of ether oxygens (including phenoxy) is 1. The van der Waals surface area contributed by atoms with Crippen molar-refractivity contribution in [1.82, 2.24) is 10.2 Å². The van der Waals surface area contributed by atoms with E-state index in [2.05, 4.69) is 14.9 Å². The molecule has 0 saturated carbocycles. The number of carbonyl (C=O) groups excluding carboxylic acids is 1. The minimum Gasteiger partial charge on any atom is -0.464 e. The van der Waals surface area contributed by atoms with Gasteiger partial charge in [-0.25, -0.2) is 4.79 Å². The van der Waals surface area contributed by atoms with Crippen molar-refractivity contribution < 1.29 is 14.6 Å². The topological polar surface area (TPSA) is 75.2 Å². The van der Waals surface area contributed by atoms with E-state index < -0.39 is 5.97 Å². The van der Waals surface area contributed by atoms with Crippen LogP contribution >= 0.6 is 0 Å². The van der Waals surface area contributed by atoms with Gasteiger partial charge in [-0.05, 0) is 0 Å². The number of carbonyl (C=O) groups is 1. The Bertz CT molecular complexity index is 317. The summed E-state index contributed by atoms with van der Waals surface area (Å²) in [5.41, 5.74) is 0.883. The highest BCUT2D eigenvalue weighted by molar-refractivity contribution is 5.91. The van der Waals surface area contributed by atoms with Crippen LogP contribution in [-0.4, -0.2) is 35.0 Å². The number of hydrogen-bond donors (Lipinski definition) is 2. The van der Waals surface area contributed by atoms with Gasteiger partial charge in [0.1, 0.15) is 0 Å². The van der Waals surface area contributed by atoms with Crippen molar-refractivity contribution in [2.75, 3.05) is 13.7 Å². The summed E-state index contributed by atoms with van der Waals surface area (Å²) in [5, 5.41) is 14.7. The van der Waals surface area contributed by atoms with E-state index in [1.807, 2.05) is 0 Å². The van der Waals surface area contributed by atoms with Gasteiger partial charge in [0, 0.05) is 5.56 Å². The summed E-state index contributed by atoms with van der Waals surface area (Å²) >= 11 is 0. The number of aromatic nitrogens is 2. The normalized spacial score (nSPS) is 10.6. The zero-order chi connectivity index (χ0) is 9.68. The van der Waals surface area contributed by atoms with Crippen LogP contribution < -0.4 is 0 Å². The van der Waals surface area contributed by atoms with Crippen molar-refractivity contribution in [2.24, 2.45) is 0 Å². The highest BCUT2D eigenvalue weighted by Gasteiger charge is 2.11. The molecule has 1 rings (SSSR count). The van der Waals surface area contributed by atoms with E-state index in [1.165, 1.54) is 19.4 Å². The maximum absolute atomic E-state index is 11.1. The second-order valence-electron chi connectivity index (χ2n) is 2.28. The fraction of sp³-hybridized carbons (Fsp3) is 0.250. The predicted molar refractivity (Wildman–Crippen MR) is 46.0 cm³/mol. The van der Waals surface area contributed by atoms with Gasteiger partial charge in [-0.15, -0.1) is 0 Å². The van der Waals surface area contributed by atoms with Crippen LogP contribution in [0, 0.1) is 0 Å². The number of methoxy groups -OCH3 is 1. The molecule has 0 radical (unpaired) electrons. The molecule has 0 aliphatic heterocycles. The molecule has 2 N–H and O–H groups in total. The van der Waals surface area contributed by atoms with E-state index >= 15 is 0 Å². The van der Waals surface area contributed by atoms with Gasteiger partial charge in [-0.2, -0.15) is 5.10 Å². The number of aromatic amines is 1. The molecule has 0 fully saturated rings. The van der Waals surface area contributed by atoms with Crippen molar-refractivity contribution in [3.05, 3.63) is 23.5 Å². The molecule has 0 unspecified atom stereocenters. The first-order valence-corrected chi connectivity index (χ1v) is 3.68. The Morgan fingerprint density at radius 2 is 2.62 bits per heavy atom. The average molecular weight is 182 g/mol. The average Bonchev–Trinajstić information content (AvgIpc) is 2.61. The third-order valence-electron chi connectivity index (χ3n) is 1.46. The van der Waals surface area contributed by atoms with Gasteiger partial charge in [0.15, 0.2) is 5.69 Å². The number of hydrogen-bond acceptors (Lipinski definition) is 4. The van der Waals surface area contributed by atoms with Crippen LogP contribution in [0.2, 0.25) is 0 Å². The Balaban J connectivity index is 2.89. The van der Waals surface area contributed by atoms with Crippen LogP contribution in [0.1, 0.15) is 16.1 Å². The van der Waals surface area contributed by atoms with Crippen molar-refractivity contribution in [1.29, 1.82) is 0 Å². The van der Waals surface area contributed by atoms with Gasteiger partial charge in [-0.1, -0.05) is 12.2 Å². The summed E-state index contributed by atoms with van der Waals surface area (Å²) in [5.74, 6) is -0.477. The van der Waals surface area contributed by atoms with E-state index in [9.17, 15) is 4.79 Å². The number of rotatable bonds is 3. The van der Waals surface area contributed by atoms with Crippen LogP contribution in [0.5, 0.6) is 0 Å². The molecular weight excluding hydrogens is 172 g/mol. The standard InChI is InChI=1S/C8H10N2O3/c1-13-8(12)7-6(3-2-4-11)5-9-10-7/h2-3,5,11H,4H2,1H3,(H,9,10). The van der Waals surface area contributed by atoms with E-state index in [-0.39, 0.29) is 12.3 Å². The fourth-order valence-electron chi connectivity index (χ4n) is 0.867. The van der Waals surface area contributed by atoms with Crippen molar-refractivity contribution in [3.8, 4) is 0 Å². The number of nitrogens with one attached hydrogen (secondary N) is 1. The number of nitrogens with zero attached hydrogens (tertiary/aromatic N) is 1. The van der Waals surface area contributed by atoms with Gasteiger partial charge in [-0.3, -0.25) is 5.10 Å². The molecule has 1 aromatic heterocycles. The third kappa shape index (κ3) is 2.16. The first-order chi connectivity index (χ1) is 6.29. The number of H-pyrrole nitrogens is 1. The molecule has 5 heteroatoms. The molecule has 0 atom stereocenters. The van der Waals surface area contributed by atoms with Crippen LogP contribution in [0.3, 0.4) is 0 Å². The SMILES string of the molecule is COC(=O)c1[nH]ncc1C=CCO. The van der Waals surface area contributed by atoms with E-state index in [0.717, 1.165) is 0 Å². The second kappa shape index (κ2) is 4.42. The third-order valence-corrected chi connectivity index (χ3v) is 1.46. The van der Waals surface area contributed by atoms with Gasteiger partial charge in [0.2, 0.25) is 0 Å². The van der Waals surface area contributed by atoms with Crippen LogP contribution in [0.15, 0.2) is 12.3 Å². The smallest absolute Gasteiger partial charge is 0.356 e. The van der Waals surface area contributed by atoms with Gasteiger partial charge in [0.25, 0.3) is 0 Å². The minimum atomic E-state index is -0.477. The van der Waals surface area contributed by atoms with Crippen molar-refractivity contribution in [2.45, 2.75) is 0 Å². The van der Waals surface area contributed by atoms with E-state index in [4.69, 9.17) is 5.11 Å². The first kappa shape index (κ1) is 9.47. The molecule has 70 valence electrons. The molecule has 0 aromatic carbocycles. The maximum Gasteiger partial charge on any atom is 0.356 e. The molecule has 0 saturated heterocycles. The highest BCUT2D eigenvalue weighted by Crippen LogP contribution is 2.07. The molecular formula is C8H10N2O3. The largest absolute Gasteiger partial charge is 0.464 e. The predicted octanol–water partition coefficient (Wildman–Crippen LogP) is 0.202. The first-order valence-electron chi connectivity index (χ1n) is 3.68.